The topological polar surface area (TPSA) is 47.6 Å². The molecule has 4 nitrogen and oxygen atoms in total. The Hall–Kier alpha value is -2.49. The van der Waals surface area contributed by atoms with Crippen LogP contribution in [0.2, 0.25) is 0 Å². The molecule has 0 saturated heterocycles. The molecule has 0 aromatic heterocycles. The lowest BCUT2D eigenvalue weighted by Gasteiger charge is -2.08. The van der Waals surface area contributed by atoms with Crippen LogP contribution in [0.3, 0.4) is 0 Å². The Bertz CT molecular complexity index is 677. The van der Waals surface area contributed by atoms with Crippen molar-refractivity contribution < 1.29 is 14.3 Å². The van der Waals surface area contributed by atoms with E-state index in [1.807, 2.05) is 24.3 Å². The zero-order chi connectivity index (χ0) is 15.5. The summed E-state index contributed by atoms with van der Waals surface area (Å²) in [5, 5.41) is 2.87. The van der Waals surface area contributed by atoms with Gasteiger partial charge in [0, 0.05) is 17.3 Å². The third kappa shape index (κ3) is 3.22. The van der Waals surface area contributed by atoms with E-state index >= 15 is 0 Å². The van der Waals surface area contributed by atoms with Gasteiger partial charge in [-0.25, -0.2) is 0 Å². The van der Waals surface area contributed by atoms with Gasteiger partial charge < -0.3 is 14.8 Å². The van der Waals surface area contributed by atoms with Gasteiger partial charge in [-0.05, 0) is 42.2 Å². The number of rotatable bonds is 4. The Morgan fingerprint density at radius 3 is 2.55 bits per heavy atom. The summed E-state index contributed by atoms with van der Waals surface area (Å²) in [5.41, 5.74) is 2.58. The molecule has 0 saturated carbocycles. The predicted octanol–water partition coefficient (Wildman–Crippen LogP) is 3.87. The number of hydrogen-bond acceptors (Lipinski definition) is 3. The molecule has 0 unspecified atom stereocenters. The number of amides is 1. The van der Waals surface area contributed by atoms with Crippen molar-refractivity contribution in [3.8, 4) is 11.5 Å². The molecule has 1 amide bonds. The van der Waals surface area contributed by atoms with Gasteiger partial charge in [0.05, 0.1) is 0 Å². The first-order valence-corrected chi connectivity index (χ1v) is 7.42. The van der Waals surface area contributed by atoms with Crippen LogP contribution < -0.4 is 14.8 Å². The van der Waals surface area contributed by atoms with Crippen LogP contribution in [0, 0.1) is 5.92 Å². The van der Waals surface area contributed by atoms with Crippen LogP contribution >= 0.6 is 0 Å². The lowest BCUT2D eigenvalue weighted by atomic mass is 10.0. The van der Waals surface area contributed by atoms with Gasteiger partial charge in [-0.1, -0.05) is 26.0 Å². The van der Waals surface area contributed by atoms with Gasteiger partial charge in [0.1, 0.15) is 0 Å². The van der Waals surface area contributed by atoms with Gasteiger partial charge in [-0.15, -0.1) is 0 Å². The third-order valence-electron chi connectivity index (χ3n) is 3.49. The van der Waals surface area contributed by atoms with E-state index in [0.29, 0.717) is 28.7 Å². The van der Waals surface area contributed by atoms with Crippen molar-refractivity contribution in [3.05, 3.63) is 53.6 Å². The van der Waals surface area contributed by atoms with Crippen LogP contribution in [0.4, 0.5) is 5.69 Å². The van der Waals surface area contributed by atoms with Crippen molar-refractivity contribution in [3.63, 3.8) is 0 Å². The van der Waals surface area contributed by atoms with Gasteiger partial charge in [-0.2, -0.15) is 0 Å². The molecular formula is C18H19NO3. The smallest absolute Gasteiger partial charge is 0.255 e. The van der Waals surface area contributed by atoms with Gasteiger partial charge >= 0.3 is 0 Å². The molecule has 114 valence electrons. The van der Waals surface area contributed by atoms with Crippen molar-refractivity contribution in [2.24, 2.45) is 5.92 Å². The minimum absolute atomic E-state index is 0.130. The number of anilines is 1. The SMILES string of the molecule is CC(C)Cc1ccc(C(=O)Nc2ccc3c(c2)OCO3)cc1. The van der Waals surface area contributed by atoms with Gasteiger partial charge in [0.2, 0.25) is 6.79 Å². The summed E-state index contributed by atoms with van der Waals surface area (Å²) in [7, 11) is 0. The molecule has 22 heavy (non-hydrogen) atoms. The number of hydrogen-bond donors (Lipinski definition) is 1. The molecule has 1 aliphatic rings. The lowest BCUT2D eigenvalue weighted by Crippen LogP contribution is -2.11. The monoisotopic (exact) mass is 297 g/mol. The first-order chi connectivity index (χ1) is 10.6. The Morgan fingerprint density at radius 2 is 1.82 bits per heavy atom. The van der Waals surface area contributed by atoms with Crippen molar-refractivity contribution in [1.82, 2.24) is 0 Å². The summed E-state index contributed by atoms with van der Waals surface area (Å²) in [6.07, 6.45) is 1.02. The maximum absolute atomic E-state index is 12.3. The van der Waals surface area contributed by atoms with E-state index in [1.54, 1.807) is 18.2 Å². The van der Waals surface area contributed by atoms with Crippen molar-refractivity contribution in [2.75, 3.05) is 12.1 Å². The fourth-order valence-electron chi connectivity index (χ4n) is 2.44. The van der Waals surface area contributed by atoms with E-state index in [4.69, 9.17) is 9.47 Å². The zero-order valence-electron chi connectivity index (χ0n) is 12.8. The van der Waals surface area contributed by atoms with Crippen molar-refractivity contribution >= 4 is 11.6 Å². The molecule has 0 atom stereocenters. The summed E-state index contributed by atoms with van der Waals surface area (Å²) in [6, 6.07) is 13.1. The quantitative estimate of drug-likeness (QED) is 0.932. The van der Waals surface area contributed by atoms with Crippen LogP contribution in [0.25, 0.3) is 0 Å². The van der Waals surface area contributed by atoms with Crippen LogP contribution in [0.15, 0.2) is 42.5 Å². The Morgan fingerprint density at radius 1 is 1.09 bits per heavy atom. The van der Waals surface area contributed by atoms with E-state index in [9.17, 15) is 4.79 Å². The minimum atomic E-state index is -0.130. The molecule has 1 aliphatic heterocycles. The van der Waals surface area contributed by atoms with Gasteiger partial charge in [-0.3, -0.25) is 4.79 Å². The highest BCUT2D eigenvalue weighted by molar-refractivity contribution is 6.04. The normalized spacial score (nSPS) is 12.5. The fraction of sp³-hybridized carbons (Fsp3) is 0.278. The number of fused-ring (bicyclic) bond motifs is 1. The molecule has 1 heterocycles. The molecule has 2 aromatic carbocycles. The number of carbonyl (C=O) groups is 1. The average molecular weight is 297 g/mol. The number of ether oxygens (including phenoxy) is 2. The summed E-state index contributed by atoms with van der Waals surface area (Å²) >= 11 is 0. The summed E-state index contributed by atoms with van der Waals surface area (Å²) < 4.78 is 10.6. The standard InChI is InChI=1S/C18H19NO3/c1-12(2)9-13-3-5-14(6-4-13)18(20)19-15-7-8-16-17(10-15)22-11-21-16/h3-8,10,12H,9,11H2,1-2H3,(H,19,20). The molecular weight excluding hydrogens is 278 g/mol. The highest BCUT2D eigenvalue weighted by Crippen LogP contribution is 2.34. The maximum atomic E-state index is 12.3. The Balaban J connectivity index is 1.69. The summed E-state index contributed by atoms with van der Waals surface area (Å²) in [4.78, 5) is 12.3. The molecule has 2 aromatic rings. The molecule has 0 aliphatic carbocycles. The second-order valence-corrected chi connectivity index (χ2v) is 5.82. The lowest BCUT2D eigenvalue weighted by molar-refractivity contribution is 0.102. The number of carbonyl (C=O) groups excluding carboxylic acids is 1. The highest BCUT2D eigenvalue weighted by atomic mass is 16.7. The van der Waals surface area contributed by atoms with E-state index < -0.39 is 0 Å². The average Bonchev–Trinajstić information content (AvgIpc) is 2.95. The van der Waals surface area contributed by atoms with Gasteiger partial charge in [0.25, 0.3) is 5.91 Å². The van der Waals surface area contributed by atoms with Crippen molar-refractivity contribution in [1.29, 1.82) is 0 Å². The summed E-state index contributed by atoms with van der Waals surface area (Å²) in [6.45, 7) is 4.59. The molecule has 3 rings (SSSR count). The molecule has 0 spiro atoms. The molecule has 0 fully saturated rings. The van der Waals surface area contributed by atoms with Crippen LogP contribution in [0.5, 0.6) is 11.5 Å². The first-order valence-electron chi connectivity index (χ1n) is 7.42. The van der Waals surface area contributed by atoms with Gasteiger partial charge in [0.15, 0.2) is 11.5 Å². The third-order valence-corrected chi connectivity index (χ3v) is 3.49. The molecule has 0 radical (unpaired) electrons. The molecule has 1 N–H and O–H groups in total. The van der Waals surface area contributed by atoms with E-state index in [-0.39, 0.29) is 12.7 Å². The summed E-state index contributed by atoms with van der Waals surface area (Å²) in [5.74, 6) is 1.84. The van der Waals surface area contributed by atoms with E-state index in [2.05, 4.69) is 19.2 Å². The number of benzene rings is 2. The van der Waals surface area contributed by atoms with Crippen molar-refractivity contribution in [2.45, 2.75) is 20.3 Å². The second kappa shape index (κ2) is 6.10. The Labute approximate surface area is 130 Å². The zero-order valence-corrected chi connectivity index (χ0v) is 12.8. The molecule has 4 heteroatoms. The Kier molecular flexibility index (Phi) is 4.00. The van der Waals surface area contributed by atoms with Crippen LogP contribution in [-0.2, 0) is 6.42 Å². The van der Waals surface area contributed by atoms with Crippen LogP contribution in [0.1, 0.15) is 29.8 Å². The first kappa shape index (κ1) is 14.4. The minimum Gasteiger partial charge on any atom is -0.454 e. The predicted molar refractivity (Wildman–Crippen MR) is 85.5 cm³/mol. The van der Waals surface area contributed by atoms with E-state index in [1.165, 1.54) is 5.56 Å². The van der Waals surface area contributed by atoms with Crippen LogP contribution in [-0.4, -0.2) is 12.7 Å². The number of nitrogens with one attached hydrogen (secondary N) is 1. The maximum Gasteiger partial charge on any atom is 0.255 e. The fourth-order valence-corrected chi connectivity index (χ4v) is 2.44. The molecule has 0 bridgehead atoms. The largest absolute Gasteiger partial charge is 0.454 e. The highest BCUT2D eigenvalue weighted by Gasteiger charge is 2.14. The second-order valence-electron chi connectivity index (χ2n) is 5.82. The van der Waals surface area contributed by atoms with E-state index in [0.717, 1.165) is 6.42 Å².